The van der Waals surface area contributed by atoms with Gasteiger partial charge in [0.05, 0.1) is 36.4 Å². The van der Waals surface area contributed by atoms with E-state index in [1.54, 1.807) is 30.3 Å². The van der Waals surface area contributed by atoms with E-state index in [0.29, 0.717) is 36.2 Å². The molecule has 12 heteroatoms. The number of rotatable bonds is 12. The zero-order valence-electron chi connectivity index (χ0n) is 23.9. The minimum Gasteiger partial charge on any atom is -0.493 e. The van der Waals surface area contributed by atoms with Crippen molar-refractivity contribution in [2.24, 2.45) is 0 Å². The van der Waals surface area contributed by atoms with Gasteiger partial charge in [-0.15, -0.1) is 0 Å². The molecule has 4 rings (SSSR count). The Labute approximate surface area is 279 Å². The predicted octanol–water partition coefficient (Wildman–Crippen LogP) is 4.29. The van der Waals surface area contributed by atoms with E-state index >= 15 is 0 Å². The maximum atomic E-state index is 14.0. The van der Waals surface area contributed by atoms with Crippen molar-refractivity contribution in [1.29, 1.82) is 0 Å². The van der Waals surface area contributed by atoms with E-state index in [4.69, 9.17) is 32.7 Å². The van der Waals surface area contributed by atoms with E-state index in [9.17, 15) is 24.9 Å². The maximum absolute atomic E-state index is 14.0. The first-order valence-corrected chi connectivity index (χ1v) is 15.7. The van der Waals surface area contributed by atoms with Crippen LogP contribution < -0.4 is 14.8 Å². The second kappa shape index (κ2) is 15.9. The number of carbonyl (C=O) groups excluding carboxylic acids is 2. The highest BCUT2D eigenvalue weighted by Gasteiger charge is 2.41. The van der Waals surface area contributed by atoms with Crippen LogP contribution in [0.25, 0.3) is 0 Å². The number of carbonyl (C=O) groups is 2. The lowest BCUT2D eigenvalue weighted by Crippen LogP contribution is -2.55. The summed E-state index contributed by atoms with van der Waals surface area (Å²) in [5.41, 5.74) is 2.28. The van der Waals surface area contributed by atoms with Gasteiger partial charge in [0, 0.05) is 35.1 Å². The summed E-state index contributed by atoms with van der Waals surface area (Å²) >= 11 is 14.7. The SMILES string of the molecule is COc1cc(CO)cc(I)c1O[C@H]1C=C(C(=O)NCCO)C[C@@H](N(Cc2ccc(Cl)cc2Cl)C(=O)Cc2ccccc2)[C@@H]1O. The van der Waals surface area contributed by atoms with Crippen LogP contribution in [0, 0.1) is 3.57 Å². The molecule has 0 unspecified atom stereocenters. The number of benzene rings is 3. The summed E-state index contributed by atoms with van der Waals surface area (Å²) in [6, 6.07) is 16.6. The number of hydrogen-bond acceptors (Lipinski definition) is 7. The average Bonchev–Trinajstić information content (AvgIpc) is 3.01. The molecule has 1 aliphatic rings. The van der Waals surface area contributed by atoms with Gasteiger partial charge in [0.25, 0.3) is 0 Å². The smallest absolute Gasteiger partial charge is 0.247 e. The van der Waals surface area contributed by atoms with Crippen LogP contribution >= 0.6 is 45.8 Å². The van der Waals surface area contributed by atoms with Crippen molar-refractivity contribution in [3.8, 4) is 11.5 Å². The first kappa shape index (κ1) is 34.0. The number of nitrogens with one attached hydrogen (secondary N) is 1. The summed E-state index contributed by atoms with van der Waals surface area (Å²) in [5.74, 6) is -0.104. The molecule has 0 heterocycles. The zero-order chi connectivity index (χ0) is 31.8. The first-order chi connectivity index (χ1) is 21.1. The maximum Gasteiger partial charge on any atom is 0.247 e. The summed E-state index contributed by atoms with van der Waals surface area (Å²) in [5, 5.41) is 34.2. The van der Waals surface area contributed by atoms with Crippen LogP contribution in [0.5, 0.6) is 11.5 Å². The fraction of sp³-hybridized carbons (Fsp3) is 0.312. The zero-order valence-corrected chi connectivity index (χ0v) is 27.6. The Kier molecular flexibility index (Phi) is 12.3. The average molecular weight is 755 g/mol. The lowest BCUT2D eigenvalue weighted by molar-refractivity contribution is -0.138. The van der Waals surface area contributed by atoms with Crippen molar-refractivity contribution >= 4 is 57.6 Å². The van der Waals surface area contributed by atoms with Gasteiger partial charge >= 0.3 is 0 Å². The molecule has 3 atom stereocenters. The number of methoxy groups -OCH3 is 1. The Morgan fingerprint density at radius 3 is 2.48 bits per heavy atom. The number of amides is 2. The van der Waals surface area contributed by atoms with Gasteiger partial charge in [0.1, 0.15) is 12.2 Å². The third kappa shape index (κ3) is 8.43. The molecular formula is C32H33Cl2IN2O7. The van der Waals surface area contributed by atoms with Gasteiger partial charge in [-0.05, 0) is 69.6 Å². The van der Waals surface area contributed by atoms with Gasteiger partial charge in [0.15, 0.2) is 11.5 Å². The summed E-state index contributed by atoms with van der Waals surface area (Å²) in [4.78, 5) is 28.7. The molecule has 4 N–H and O–H groups in total. The summed E-state index contributed by atoms with van der Waals surface area (Å²) in [6.07, 6.45) is -0.752. The second-order valence-electron chi connectivity index (χ2n) is 10.2. The number of ether oxygens (including phenoxy) is 2. The van der Waals surface area contributed by atoms with Crippen LogP contribution in [-0.4, -0.2) is 70.5 Å². The van der Waals surface area contributed by atoms with Crippen LogP contribution in [0.3, 0.4) is 0 Å². The summed E-state index contributed by atoms with van der Waals surface area (Å²) in [7, 11) is 1.46. The number of nitrogens with zero attached hydrogens (tertiary/aromatic N) is 1. The molecule has 0 bridgehead atoms. The van der Waals surface area contributed by atoms with Crippen LogP contribution in [0.1, 0.15) is 23.1 Å². The number of aliphatic hydroxyl groups excluding tert-OH is 3. The summed E-state index contributed by atoms with van der Waals surface area (Å²) in [6.45, 7) is -0.399. The molecule has 0 aliphatic heterocycles. The Morgan fingerprint density at radius 1 is 1.07 bits per heavy atom. The molecule has 3 aromatic rings. The Bertz CT molecular complexity index is 1510. The molecule has 9 nitrogen and oxygen atoms in total. The van der Waals surface area contributed by atoms with Crippen molar-refractivity contribution in [3.63, 3.8) is 0 Å². The molecule has 234 valence electrons. The monoisotopic (exact) mass is 754 g/mol. The molecule has 0 fully saturated rings. The molecule has 3 aromatic carbocycles. The molecule has 0 spiro atoms. The van der Waals surface area contributed by atoms with Gasteiger partial charge in [-0.3, -0.25) is 9.59 Å². The minimum absolute atomic E-state index is 0.0156. The predicted molar refractivity (Wildman–Crippen MR) is 176 cm³/mol. The molecule has 0 saturated carbocycles. The van der Waals surface area contributed by atoms with Crippen LogP contribution in [0.2, 0.25) is 10.0 Å². The number of halogens is 3. The number of hydrogen-bond donors (Lipinski definition) is 4. The van der Waals surface area contributed by atoms with Crippen LogP contribution in [0.15, 0.2) is 72.3 Å². The molecule has 0 aromatic heterocycles. The van der Waals surface area contributed by atoms with E-state index < -0.39 is 24.2 Å². The lowest BCUT2D eigenvalue weighted by atomic mass is 9.87. The van der Waals surface area contributed by atoms with Crippen LogP contribution in [0.4, 0.5) is 0 Å². The lowest BCUT2D eigenvalue weighted by Gasteiger charge is -2.41. The molecule has 0 radical (unpaired) electrons. The molecule has 2 amide bonds. The van der Waals surface area contributed by atoms with E-state index in [2.05, 4.69) is 5.32 Å². The Balaban J connectivity index is 1.76. The largest absolute Gasteiger partial charge is 0.493 e. The van der Waals surface area contributed by atoms with Crippen molar-refractivity contribution in [3.05, 3.63) is 103 Å². The van der Waals surface area contributed by atoms with E-state index in [1.807, 2.05) is 52.9 Å². The third-order valence-corrected chi connectivity index (χ3v) is 8.60. The third-order valence-electron chi connectivity index (χ3n) is 7.21. The highest BCUT2D eigenvalue weighted by molar-refractivity contribution is 14.1. The summed E-state index contributed by atoms with van der Waals surface area (Å²) < 4.78 is 12.5. The topological polar surface area (TPSA) is 129 Å². The van der Waals surface area contributed by atoms with E-state index in [0.717, 1.165) is 5.56 Å². The fourth-order valence-corrected chi connectivity index (χ4v) is 6.25. The van der Waals surface area contributed by atoms with Crippen molar-refractivity contribution in [1.82, 2.24) is 10.2 Å². The van der Waals surface area contributed by atoms with Gasteiger partial charge < -0.3 is 35.0 Å². The highest BCUT2D eigenvalue weighted by Crippen LogP contribution is 2.37. The normalized spacial score (nSPS) is 17.9. The van der Waals surface area contributed by atoms with Crippen molar-refractivity contribution in [2.75, 3.05) is 20.3 Å². The quantitative estimate of drug-likeness (QED) is 0.203. The minimum atomic E-state index is -1.27. The van der Waals surface area contributed by atoms with Crippen LogP contribution in [-0.2, 0) is 29.2 Å². The molecule has 1 aliphatic carbocycles. The number of aliphatic hydroxyl groups is 3. The van der Waals surface area contributed by atoms with Gasteiger partial charge in [0.2, 0.25) is 11.8 Å². The van der Waals surface area contributed by atoms with Gasteiger partial charge in [-0.25, -0.2) is 0 Å². The van der Waals surface area contributed by atoms with Crippen molar-refractivity contribution < 1.29 is 34.4 Å². The molecular weight excluding hydrogens is 722 g/mol. The standard InChI is InChI=1S/C32H33Cl2IN2O7/c1-43-28-12-20(18-39)11-25(35)31(28)44-27-15-22(32(42)36-9-10-38)14-26(30(27)41)37(17-21-7-8-23(33)16-24(21)34)29(40)13-19-5-3-2-4-6-19/h2-8,11-12,15-16,26-27,30,38-39,41H,9-10,13-14,17-18H2,1H3,(H,36,42)/t26-,27+,30+/m1/s1. The van der Waals surface area contributed by atoms with Gasteiger partial charge in [-0.2, -0.15) is 0 Å². The Morgan fingerprint density at radius 2 is 1.82 bits per heavy atom. The Hall–Kier alpha value is -2.87. The van der Waals surface area contributed by atoms with Gasteiger partial charge in [-0.1, -0.05) is 59.6 Å². The molecule has 0 saturated heterocycles. The highest BCUT2D eigenvalue weighted by atomic mass is 127. The van der Waals surface area contributed by atoms with E-state index in [-0.39, 0.29) is 50.6 Å². The molecule has 44 heavy (non-hydrogen) atoms. The first-order valence-electron chi connectivity index (χ1n) is 13.8. The fourth-order valence-electron chi connectivity index (χ4n) is 4.99. The van der Waals surface area contributed by atoms with E-state index in [1.165, 1.54) is 18.1 Å². The van der Waals surface area contributed by atoms with Crippen molar-refractivity contribution in [2.45, 2.75) is 44.2 Å². The second-order valence-corrected chi connectivity index (χ2v) is 12.2.